The molecule has 0 bridgehead atoms. The quantitative estimate of drug-likeness (QED) is 0.125. The number of Topliss-reactive ketones (excluding diaryl/α,β-unsaturated/α-hetero) is 1. The van der Waals surface area contributed by atoms with Crippen molar-refractivity contribution in [2.75, 3.05) is 0 Å². The van der Waals surface area contributed by atoms with E-state index in [1.807, 2.05) is 0 Å². The molecule has 0 heterocycles. The minimum absolute atomic E-state index is 0.156. The topological polar surface area (TPSA) is 127 Å². The first-order valence-corrected chi connectivity index (χ1v) is 7.48. The van der Waals surface area contributed by atoms with E-state index in [0.717, 1.165) is 19.3 Å². The van der Waals surface area contributed by atoms with Gasteiger partial charge in [-0.15, -0.1) is 0 Å². The fourth-order valence-electron chi connectivity index (χ4n) is 2.13. The van der Waals surface area contributed by atoms with E-state index in [9.17, 15) is 14.4 Å². The van der Waals surface area contributed by atoms with Gasteiger partial charge in [0.1, 0.15) is 11.7 Å². The molecule has 7 heteroatoms. The number of nitrogens with zero attached hydrogens (tertiary/aromatic N) is 1. The average molecular weight is 301 g/mol. The molecular weight excluding hydrogens is 274 g/mol. The van der Waals surface area contributed by atoms with Gasteiger partial charge in [0.05, 0.1) is 0 Å². The van der Waals surface area contributed by atoms with E-state index in [1.54, 1.807) is 0 Å². The van der Waals surface area contributed by atoms with Crippen molar-refractivity contribution in [1.82, 2.24) is 5.17 Å². The van der Waals surface area contributed by atoms with Crippen molar-refractivity contribution in [3.63, 3.8) is 0 Å². The van der Waals surface area contributed by atoms with E-state index in [2.05, 4.69) is 6.92 Å². The third-order valence-corrected chi connectivity index (χ3v) is 3.34. The number of primary amides is 1. The third-order valence-electron chi connectivity index (χ3n) is 3.34. The molecule has 0 aliphatic carbocycles. The summed E-state index contributed by atoms with van der Waals surface area (Å²) in [5.41, 5.74) is 5.01. The Morgan fingerprint density at radius 2 is 1.57 bits per heavy atom. The first-order chi connectivity index (χ1) is 9.90. The van der Waals surface area contributed by atoms with Crippen LogP contribution in [0.2, 0.25) is 0 Å². The highest BCUT2D eigenvalue weighted by atomic mass is 16.5. The Balaban J connectivity index is 4.12. The van der Waals surface area contributed by atoms with Crippen molar-refractivity contribution in [2.24, 2.45) is 17.5 Å². The molecular formula is C14H27N3O4. The van der Waals surface area contributed by atoms with Crippen LogP contribution in [0.15, 0.2) is 0 Å². The summed E-state index contributed by atoms with van der Waals surface area (Å²) in [6, 6.07) is 0. The molecule has 0 rings (SSSR count). The zero-order valence-corrected chi connectivity index (χ0v) is 12.7. The van der Waals surface area contributed by atoms with Crippen LogP contribution in [-0.4, -0.2) is 28.0 Å². The van der Waals surface area contributed by atoms with Crippen LogP contribution in [-0.2, 0) is 14.4 Å². The third kappa shape index (κ3) is 9.14. The van der Waals surface area contributed by atoms with E-state index in [4.69, 9.17) is 16.8 Å². The number of nitrogens with two attached hydrogens (primary N) is 2. The normalized spacial score (nSPS) is 12.0. The van der Waals surface area contributed by atoms with Crippen molar-refractivity contribution in [3.8, 4) is 0 Å². The summed E-state index contributed by atoms with van der Waals surface area (Å²) in [6.07, 6.45) is 7.10. The Morgan fingerprint density at radius 1 is 1.05 bits per heavy atom. The van der Waals surface area contributed by atoms with Crippen molar-refractivity contribution in [3.05, 3.63) is 0 Å². The van der Waals surface area contributed by atoms with Gasteiger partial charge in [-0.25, -0.2) is 5.84 Å². The zero-order chi connectivity index (χ0) is 16.3. The summed E-state index contributed by atoms with van der Waals surface area (Å²) in [6.45, 7) is 2.15. The second-order valence-corrected chi connectivity index (χ2v) is 5.24. The van der Waals surface area contributed by atoms with Crippen molar-refractivity contribution in [2.45, 2.75) is 64.7 Å². The number of amides is 2. The molecule has 2 amide bonds. The first-order valence-electron chi connectivity index (χ1n) is 7.48. The maximum Gasteiger partial charge on any atom is 0.272 e. The fourth-order valence-corrected chi connectivity index (χ4v) is 2.13. The number of ketones is 1. The molecule has 0 spiro atoms. The highest BCUT2D eigenvalue weighted by molar-refractivity contribution is 6.03. The number of rotatable bonds is 12. The Kier molecular flexibility index (Phi) is 10.4. The van der Waals surface area contributed by atoms with E-state index in [1.165, 1.54) is 19.3 Å². The summed E-state index contributed by atoms with van der Waals surface area (Å²) in [5.74, 6) is 1.45. The average Bonchev–Trinajstić information content (AvgIpc) is 2.42. The summed E-state index contributed by atoms with van der Waals surface area (Å²) in [7, 11) is 0. The predicted octanol–water partition coefficient (Wildman–Crippen LogP) is 1.28. The molecule has 0 fully saturated rings. The van der Waals surface area contributed by atoms with Gasteiger partial charge in [0, 0.05) is 12.8 Å². The lowest BCUT2D eigenvalue weighted by Crippen LogP contribution is -2.43. The molecule has 0 saturated heterocycles. The molecule has 122 valence electrons. The largest absolute Gasteiger partial charge is 0.370 e. The Hall–Kier alpha value is -1.47. The van der Waals surface area contributed by atoms with Crippen LogP contribution >= 0.6 is 0 Å². The zero-order valence-electron chi connectivity index (χ0n) is 12.7. The minimum Gasteiger partial charge on any atom is -0.370 e. The molecule has 0 aliphatic rings. The number of carbonyl (C=O) groups excluding carboxylic acids is 3. The Morgan fingerprint density at radius 3 is 2.05 bits per heavy atom. The van der Waals surface area contributed by atoms with Gasteiger partial charge >= 0.3 is 0 Å². The lowest BCUT2D eigenvalue weighted by molar-refractivity contribution is -0.173. The van der Waals surface area contributed by atoms with E-state index >= 15 is 0 Å². The SMILES string of the molecule is CCCCCCCCCC(=O)C(CC(N)=O)C(=O)N(N)O. The van der Waals surface area contributed by atoms with Crippen LogP contribution in [0.3, 0.4) is 0 Å². The van der Waals surface area contributed by atoms with E-state index < -0.39 is 29.9 Å². The summed E-state index contributed by atoms with van der Waals surface area (Å²) in [5, 5.41) is 8.75. The second-order valence-electron chi connectivity index (χ2n) is 5.24. The lowest BCUT2D eigenvalue weighted by Gasteiger charge is -2.16. The molecule has 7 nitrogen and oxygen atoms in total. The summed E-state index contributed by atoms with van der Waals surface area (Å²) in [4.78, 5) is 34.4. The fraction of sp³-hybridized carbons (Fsp3) is 0.786. The smallest absolute Gasteiger partial charge is 0.272 e. The molecule has 0 aliphatic heterocycles. The van der Waals surface area contributed by atoms with Gasteiger partial charge in [-0.1, -0.05) is 45.4 Å². The van der Waals surface area contributed by atoms with Crippen LogP contribution in [0.4, 0.5) is 0 Å². The van der Waals surface area contributed by atoms with Gasteiger partial charge in [0.15, 0.2) is 0 Å². The Labute approximate surface area is 125 Å². The molecule has 5 N–H and O–H groups in total. The summed E-state index contributed by atoms with van der Waals surface area (Å²) < 4.78 is 0. The molecule has 0 aromatic carbocycles. The number of hydrogen-bond donors (Lipinski definition) is 3. The number of unbranched alkanes of at least 4 members (excludes halogenated alkanes) is 6. The van der Waals surface area contributed by atoms with Crippen LogP contribution in [0.5, 0.6) is 0 Å². The van der Waals surface area contributed by atoms with E-state index in [0.29, 0.717) is 6.42 Å². The highest BCUT2D eigenvalue weighted by Crippen LogP contribution is 2.14. The van der Waals surface area contributed by atoms with Gasteiger partial charge in [-0.05, 0) is 6.42 Å². The monoisotopic (exact) mass is 301 g/mol. The summed E-state index contributed by atoms with van der Waals surface area (Å²) >= 11 is 0. The number of hydroxylamine groups is 1. The molecule has 0 aromatic rings. The van der Waals surface area contributed by atoms with Gasteiger partial charge in [0.25, 0.3) is 5.91 Å². The molecule has 0 aromatic heterocycles. The minimum atomic E-state index is -1.28. The van der Waals surface area contributed by atoms with Crippen LogP contribution in [0, 0.1) is 5.92 Å². The van der Waals surface area contributed by atoms with Gasteiger partial charge in [-0.2, -0.15) is 5.17 Å². The second kappa shape index (κ2) is 11.2. The van der Waals surface area contributed by atoms with Gasteiger partial charge in [0.2, 0.25) is 5.91 Å². The maximum absolute atomic E-state index is 11.9. The van der Waals surface area contributed by atoms with Crippen molar-refractivity contribution in [1.29, 1.82) is 0 Å². The number of hydrazine groups is 1. The van der Waals surface area contributed by atoms with Crippen LogP contribution in [0.1, 0.15) is 64.7 Å². The molecule has 1 atom stereocenters. The van der Waals surface area contributed by atoms with Gasteiger partial charge in [-0.3, -0.25) is 19.6 Å². The van der Waals surface area contributed by atoms with E-state index in [-0.39, 0.29) is 11.6 Å². The molecule has 1 unspecified atom stereocenters. The molecule has 0 radical (unpaired) electrons. The van der Waals surface area contributed by atoms with Gasteiger partial charge < -0.3 is 5.73 Å². The van der Waals surface area contributed by atoms with Crippen LogP contribution < -0.4 is 11.6 Å². The first kappa shape index (κ1) is 19.5. The standard InChI is InChI=1S/C14H27N3O4/c1-2-3-4-5-6-7-8-9-12(18)11(10-13(15)19)14(20)17(16)21/h11,21H,2-10,16H2,1H3,(H2,15,19). The number of carbonyl (C=O) groups is 3. The lowest BCUT2D eigenvalue weighted by atomic mass is 9.94. The molecule has 21 heavy (non-hydrogen) atoms. The van der Waals surface area contributed by atoms with Crippen molar-refractivity contribution < 1.29 is 19.6 Å². The highest BCUT2D eigenvalue weighted by Gasteiger charge is 2.30. The predicted molar refractivity (Wildman–Crippen MR) is 77.7 cm³/mol. The molecule has 0 saturated carbocycles. The maximum atomic E-state index is 11.9. The van der Waals surface area contributed by atoms with Crippen LogP contribution in [0.25, 0.3) is 0 Å². The Bertz CT molecular complexity index is 345. The number of hydrogen-bond acceptors (Lipinski definition) is 5. The van der Waals surface area contributed by atoms with Crippen molar-refractivity contribution >= 4 is 17.6 Å².